The Morgan fingerprint density at radius 2 is 1.02 bits per heavy atom. The van der Waals surface area contributed by atoms with Gasteiger partial charge in [0.1, 0.15) is 12.0 Å². The molecule has 0 fully saturated rings. The van der Waals surface area contributed by atoms with Crippen molar-refractivity contribution in [3.05, 3.63) is 211 Å². The monoisotopic (exact) mass is 734 g/mol. The smallest absolute Gasteiger partial charge is 0.159 e. The number of benzene rings is 8. The normalized spacial score (nSPS) is 14.2. The van der Waals surface area contributed by atoms with E-state index in [1.54, 1.807) is 0 Å². The lowest BCUT2D eigenvalue weighted by Crippen LogP contribution is -2.33. The minimum Gasteiger partial charge on any atom is -0.344 e. The number of fused-ring (bicyclic) bond motifs is 6. The number of rotatable bonds is 6. The van der Waals surface area contributed by atoms with Gasteiger partial charge in [-0.25, -0.2) is 9.98 Å². The first-order chi connectivity index (χ1) is 27.8. The van der Waals surface area contributed by atoms with Crippen LogP contribution in [0.2, 0.25) is 0 Å². The molecule has 1 N–H and O–H groups in total. The van der Waals surface area contributed by atoms with Gasteiger partial charge in [0.25, 0.3) is 0 Å². The van der Waals surface area contributed by atoms with E-state index in [0.29, 0.717) is 5.84 Å². The third-order valence-electron chi connectivity index (χ3n) is 10.9. The van der Waals surface area contributed by atoms with Crippen molar-refractivity contribution in [1.82, 2.24) is 9.88 Å². The zero-order chi connectivity index (χ0) is 37.0. The molecule has 1 aliphatic heterocycles. The van der Waals surface area contributed by atoms with Crippen LogP contribution in [-0.2, 0) is 0 Å². The quantitative estimate of drug-likeness (QED) is 0.182. The average molecular weight is 735 g/mol. The lowest BCUT2D eigenvalue weighted by atomic mass is 9.99. The maximum Gasteiger partial charge on any atom is 0.159 e. The molecule has 10 aromatic rings. The van der Waals surface area contributed by atoms with Gasteiger partial charge in [0.2, 0.25) is 0 Å². The zero-order valence-electron chi connectivity index (χ0n) is 30.3. The van der Waals surface area contributed by atoms with Crippen molar-refractivity contribution in [3.8, 4) is 27.9 Å². The molecular weight excluding hydrogens is 701 g/mol. The lowest BCUT2D eigenvalue weighted by Gasteiger charge is -2.23. The van der Waals surface area contributed by atoms with Crippen molar-refractivity contribution in [2.75, 3.05) is 0 Å². The van der Waals surface area contributed by atoms with E-state index in [-0.39, 0.29) is 6.17 Å². The number of hydrogen-bond donors (Lipinski definition) is 1. The molecule has 0 amide bonds. The van der Waals surface area contributed by atoms with Crippen LogP contribution in [0, 0.1) is 0 Å². The fourth-order valence-corrected chi connectivity index (χ4v) is 9.57. The Morgan fingerprint density at radius 3 is 1.73 bits per heavy atom. The maximum absolute atomic E-state index is 5.11. The van der Waals surface area contributed by atoms with Gasteiger partial charge >= 0.3 is 0 Å². The summed E-state index contributed by atoms with van der Waals surface area (Å²) in [5.41, 5.74) is 11.5. The second-order valence-electron chi connectivity index (χ2n) is 14.2. The van der Waals surface area contributed by atoms with Gasteiger partial charge in [-0.05, 0) is 64.2 Å². The van der Waals surface area contributed by atoms with Crippen molar-refractivity contribution >= 4 is 65.0 Å². The second-order valence-corrected chi connectivity index (χ2v) is 15.2. The predicted molar refractivity (Wildman–Crippen MR) is 236 cm³/mol. The molecule has 264 valence electrons. The van der Waals surface area contributed by atoms with Crippen LogP contribution in [0.3, 0.4) is 0 Å². The number of nitrogens with one attached hydrogen (secondary N) is 1. The first kappa shape index (κ1) is 32.4. The van der Waals surface area contributed by atoms with Crippen LogP contribution in [-0.4, -0.2) is 16.2 Å². The molecule has 5 heteroatoms. The van der Waals surface area contributed by atoms with Crippen LogP contribution < -0.4 is 5.32 Å². The molecule has 2 aromatic heterocycles. The van der Waals surface area contributed by atoms with Crippen molar-refractivity contribution in [2.45, 2.75) is 6.17 Å². The lowest BCUT2D eigenvalue weighted by molar-refractivity contribution is 0.674. The SMILES string of the molecule is c1ccc(C2=NC(c3ccc(-n4c5ccccc5c5ccc(-c6cccc7c6sc6c(-c8ccccc8)cccc67)cc54)cc3)=NC(c3ccccc3)N2)cc1. The van der Waals surface area contributed by atoms with Crippen molar-refractivity contribution in [1.29, 1.82) is 0 Å². The molecule has 11 rings (SSSR count). The van der Waals surface area contributed by atoms with E-state index in [0.717, 1.165) is 28.2 Å². The molecule has 0 spiro atoms. The second kappa shape index (κ2) is 13.3. The highest BCUT2D eigenvalue weighted by Crippen LogP contribution is 2.44. The Morgan fingerprint density at radius 1 is 0.446 bits per heavy atom. The number of thiophene rings is 1. The standard InChI is InChI=1S/C51H34N4S/c1-4-14-33(15-5-1)39-21-12-23-43-44-24-13-22-40(48(44)56-47(39)43)37-28-31-42-41-20-10-11-25-45(41)55(46(42)32-37)38-29-26-36(27-30-38)51-53-49(34-16-6-2-7-17-34)52-50(54-51)35-18-8-3-9-19-35/h1-32,49H,(H,52,53,54). The van der Waals surface area contributed by atoms with E-state index in [9.17, 15) is 0 Å². The summed E-state index contributed by atoms with van der Waals surface area (Å²) < 4.78 is 5.03. The molecule has 4 nitrogen and oxygen atoms in total. The highest BCUT2D eigenvalue weighted by Gasteiger charge is 2.22. The van der Waals surface area contributed by atoms with E-state index in [2.05, 4.69) is 180 Å². The molecule has 0 saturated carbocycles. The van der Waals surface area contributed by atoms with Crippen molar-refractivity contribution in [3.63, 3.8) is 0 Å². The predicted octanol–water partition coefficient (Wildman–Crippen LogP) is 13.0. The molecule has 1 atom stereocenters. The summed E-state index contributed by atoms with van der Waals surface area (Å²) in [7, 11) is 0. The number of para-hydroxylation sites is 1. The van der Waals surface area contributed by atoms with Crippen LogP contribution >= 0.6 is 11.3 Å². The van der Waals surface area contributed by atoms with Crippen LogP contribution in [0.5, 0.6) is 0 Å². The molecule has 8 aromatic carbocycles. The summed E-state index contributed by atoms with van der Waals surface area (Å²) in [5.74, 6) is 1.52. The van der Waals surface area contributed by atoms with Gasteiger partial charge in [-0.1, -0.05) is 158 Å². The Bertz CT molecular complexity index is 3140. The first-order valence-electron chi connectivity index (χ1n) is 18.9. The van der Waals surface area contributed by atoms with E-state index in [1.165, 1.54) is 64.2 Å². The van der Waals surface area contributed by atoms with Gasteiger partial charge in [0, 0.05) is 47.8 Å². The van der Waals surface area contributed by atoms with E-state index in [4.69, 9.17) is 9.98 Å². The van der Waals surface area contributed by atoms with Gasteiger partial charge in [-0.15, -0.1) is 11.3 Å². The van der Waals surface area contributed by atoms with Gasteiger partial charge < -0.3 is 9.88 Å². The Balaban J connectivity index is 1.03. The summed E-state index contributed by atoms with van der Waals surface area (Å²) in [4.78, 5) is 10.2. The number of aromatic nitrogens is 1. The summed E-state index contributed by atoms with van der Waals surface area (Å²) in [6.07, 6.45) is -0.246. The van der Waals surface area contributed by atoms with Gasteiger partial charge in [-0.2, -0.15) is 0 Å². The highest BCUT2D eigenvalue weighted by molar-refractivity contribution is 7.26. The van der Waals surface area contributed by atoms with Crippen molar-refractivity contribution in [2.24, 2.45) is 9.98 Å². The fraction of sp³-hybridized carbons (Fsp3) is 0.0196. The Kier molecular flexibility index (Phi) is 7.71. The molecule has 1 unspecified atom stereocenters. The van der Waals surface area contributed by atoms with Gasteiger partial charge in [-0.3, -0.25) is 0 Å². The first-order valence-corrected chi connectivity index (χ1v) is 19.8. The average Bonchev–Trinajstić information content (AvgIpc) is 3.83. The molecule has 0 bridgehead atoms. The van der Waals surface area contributed by atoms with Gasteiger partial charge in [0.15, 0.2) is 5.84 Å². The van der Waals surface area contributed by atoms with Crippen LogP contribution in [0.15, 0.2) is 204 Å². The molecule has 1 aliphatic rings. The summed E-state index contributed by atoms with van der Waals surface area (Å²) in [6, 6.07) is 69.2. The van der Waals surface area contributed by atoms with Crippen LogP contribution in [0.25, 0.3) is 69.9 Å². The minimum atomic E-state index is -0.246. The molecule has 0 saturated heterocycles. The van der Waals surface area contributed by atoms with Crippen molar-refractivity contribution < 1.29 is 0 Å². The Labute approximate surface area is 328 Å². The number of amidine groups is 2. The Hall–Kier alpha value is -7.08. The topological polar surface area (TPSA) is 41.7 Å². The molecular formula is C51H34N4S. The van der Waals surface area contributed by atoms with Crippen LogP contribution in [0.4, 0.5) is 0 Å². The minimum absolute atomic E-state index is 0.246. The number of nitrogens with zero attached hydrogens (tertiary/aromatic N) is 3. The zero-order valence-corrected chi connectivity index (χ0v) is 31.1. The molecule has 3 heterocycles. The summed E-state index contributed by atoms with van der Waals surface area (Å²) in [6.45, 7) is 0. The molecule has 56 heavy (non-hydrogen) atoms. The third kappa shape index (κ3) is 5.44. The summed E-state index contributed by atoms with van der Waals surface area (Å²) >= 11 is 1.89. The number of aliphatic imine (C=N–C) groups is 2. The highest BCUT2D eigenvalue weighted by atomic mass is 32.1. The largest absolute Gasteiger partial charge is 0.344 e. The number of hydrogen-bond acceptors (Lipinski definition) is 4. The van der Waals surface area contributed by atoms with E-state index < -0.39 is 0 Å². The molecule has 0 radical (unpaired) electrons. The molecule has 0 aliphatic carbocycles. The summed E-state index contributed by atoms with van der Waals surface area (Å²) in [5, 5.41) is 8.63. The van der Waals surface area contributed by atoms with E-state index in [1.807, 2.05) is 35.6 Å². The van der Waals surface area contributed by atoms with Crippen LogP contribution in [0.1, 0.15) is 22.9 Å². The van der Waals surface area contributed by atoms with E-state index >= 15 is 0 Å². The maximum atomic E-state index is 5.11. The third-order valence-corrected chi connectivity index (χ3v) is 12.2. The fourth-order valence-electron chi connectivity index (χ4n) is 8.20. The van der Waals surface area contributed by atoms with Gasteiger partial charge in [0.05, 0.1) is 11.0 Å².